The van der Waals surface area contributed by atoms with E-state index in [-0.39, 0.29) is 30.5 Å². The van der Waals surface area contributed by atoms with Crippen LogP contribution in [0.15, 0.2) is 48.5 Å². The third kappa shape index (κ3) is 5.64. The van der Waals surface area contributed by atoms with Crippen molar-refractivity contribution in [2.24, 2.45) is 0 Å². The predicted octanol–water partition coefficient (Wildman–Crippen LogP) is 3.87. The number of non-ortho nitro benzene ring substituents is 1. The van der Waals surface area contributed by atoms with E-state index in [4.69, 9.17) is 0 Å². The Labute approximate surface area is 157 Å². The minimum atomic E-state index is -0.525. The van der Waals surface area contributed by atoms with Crippen LogP contribution in [0.25, 0.3) is 0 Å². The number of anilines is 1. The molecular weight excluding hydrogens is 346 g/mol. The molecule has 0 fully saturated rings. The molecule has 0 aliphatic heterocycles. The molecule has 0 unspecified atom stereocenters. The average Bonchev–Trinajstić information content (AvgIpc) is 2.67. The van der Waals surface area contributed by atoms with Crippen LogP contribution in [0.2, 0.25) is 0 Å². The van der Waals surface area contributed by atoms with Crippen LogP contribution in [0.3, 0.4) is 0 Å². The first-order valence-electron chi connectivity index (χ1n) is 8.83. The van der Waals surface area contributed by atoms with Crippen LogP contribution in [0.4, 0.5) is 11.4 Å². The van der Waals surface area contributed by atoms with E-state index < -0.39 is 4.92 Å². The summed E-state index contributed by atoms with van der Waals surface area (Å²) >= 11 is 0. The van der Waals surface area contributed by atoms with Crippen LogP contribution < -0.4 is 10.6 Å². The summed E-state index contributed by atoms with van der Waals surface area (Å²) in [6, 6.07) is 13.0. The summed E-state index contributed by atoms with van der Waals surface area (Å²) in [5.74, 6) is -0.226. The summed E-state index contributed by atoms with van der Waals surface area (Å²) in [5.41, 5.74) is 2.11. The number of carbonyl (C=O) groups excluding carboxylic acids is 2. The number of hydrogen-bond acceptors (Lipinski definition) is 4. The van der Waals surface area contributed by atoms with Gasteiger partial charge in [-0.15, -0.1) is 0 Å². The molecule has 2 amide bonds. The molecule has 0 heterocycles. The molecule has 2 rings (SSSR count). The van der Waals surface area contributed by atoms with E-state index in [9.17, 15) is 19.7 Å². The van der Waals surface area contributed by atoms with E-state index in [2.05, 4.69) is 24.5 Å². The fourth-order valence-electron chi connectivity index (χ4n) is 2.60. The summed E-state index contributed by atoms with van der Waals surface area (Å²) in [6.07, 6.45) is 1.10. The first kappa shape index (κ1) is 20.1. The number of benzene rings is 2. The normalized spacial score (nSPS) is 11.5. The van der Waals surface area contributed by atoms with Crippen LogP contribution in [0.1, 0.15) is 48.5 Å². The van der Waals surface area contributed by atoms with E-state index in [0.717, 1.165) is 17.7 Å². The van der Waals surface area contributed by atoms with Gasteiger partial charge in [0.25, 0.3) is 11.6 Å². The molecular formula is C20H23N3O4. The first-order chi connectivity index (χ1) is 12.9. The molecule has 0 spiro atoms. The fraction of sp³-hybridized carbons (Fsp3) is 0.300. The quantitative estimate of drug-likeness (QED) is 0.545. The highest BCUT2D eigenvalue weighted by atomic mass is 16.6. The van der Waals surface area contributed by atoms with E-state index in [1.54, 1.807) is 0 Å². The van der Waals surface area contributed by atoms with Gasteiger partial charge in [0.1, 0.15) is 0 Å². The molecule has 0 bridgehead atoms. The lowest BCUT2D eigenvalue weighted by Gasteiger charge is -2.15. The molecule has 142 valence electrons. The molecule has 0 aliphatic carbocycles. The number of nitro groups is 1. The van der Waals surface area contributed by atoms with Crippen molar-refractivity contribution in [3.63, 3.8) is 0 Å². The van der Waals surface area contributed by atoms with Crippen molar-refractivity contribution in [1.82, 2.24) is 5.32 Å². The van der Waals surface area contributed by atoms with Crippen molar-refractivity contribution < 1.29 is 14.5 Å². The minimum Gasteiger partial charge on any atom is -0.352 e. The van der Waals surface area contributed by atoms with Gasteiger partial charge in [0, 0.05) is 36.3 Å². The number of nitrogens with one attached hydrogen (secondary N) is 2. The molecule has 27 heavy (non-hydrogen) atoms. The second-order valence-electron chi connectivity index (χ2n) is 6.25. The van der Waals surface area contributed by atoms with Crippen LogP contribution in [0, 0.1) is 10.1 Å². The monoisotopic (exact) mass is 369 g/mol. The number of nitrogens with zero attached hydrogens (tertiary/aromatic N) is 1. The van der Waals surface area contributed by atoms with Gasteiger partial charge in [-0.1, -0.05) is 32.0 Å². The Morgan fingerprint density at radius 1 is 1.11 bits per heavy atom. The molecule has 1 atom stereocenters. The van der Waals surface area contributed by atoms with E-state index in [1.807, 2.05) is 24.3 Å². The Morgan fingerprint density at radius 2 is 1.78 bits per heavy atom. The molecule has 0 aromatic heterocycles. The Hall–Kier alpha value is -3.22. The highest BCUT2D eigenvalue weighted by Crippen LogP contribution is 2.26. The molecule has 2 N–H and O–H groups in total. The van der Waals surface area contributed by atoms with Crippen LogP contribution in [-0.2, 0) is 4.79 Å². The zero-order valence-electron chi connectivity index (χ0n) is 15.4. The van der Waals surface area contributed by atoms with Crippen LogP contribution in [-0.4, -0.2) is 23.3 Å². The van der Waals surface area contributed by atoms with E-state index in [1.165, 1.54) is 24.3 Å². The van der Waals surface area contributed by atoms with Crippen molar-refractivity contribution in [3.8, 4) is 0 Å². The largest absolute Gasteiger partial charge is 0.352 e. The number of para-hydroxylation sites is 1. The zero-order chi connectivity index (χ0) is 19.8. The van der Waals surface area contributed by atoms with Gasteiger partial charge in [0.05, 0.1) is 4.92 Å². The topological polar surface area (TPSA) is 101 Å². The number of nitro benzene ring substituents is 1. The van der Waals surface area contributed by atoms with Crippen molar-refractivity contribution >= 4 is 23.2 Å². The van der Waals surface area contributed by atoms with Crippen LogP contribution in [0.5, 0.6) is 0 Å². The van der Waals surface area contributed by atoms with Crippen LogP contribution >= 0.6 is 0 Å². The molecule has 2 aromatic carbocycles. The lowest BCUT2D eigenvalue weighted by atomic mass is 9.97. The van der Waals surface area contributed by atoms with Gasteiger partial charge in [-0.25, -0.2) is 0 Å². The van der Waals surface area contributed by atoms with Gasteiger partial charge in [0.2, 0.25) is 5.91 Å². The van der Waals surface area contributed by atoms with Gasteiger partial charge in [-0.05, 0) is 36.1 Å². The Balaban J connectivity index is 1.86. The second kappa shape index (κ2) is 9.47. The molecule has 2 aromatic rings. The van der Waals surface area contributed by atoms with E-state index >= 15 is 0 Å². The number of amides is 2. The Kier molecular flexibility index (Phi) is 7.05. The standard InChI is InChI=1S/C20H23N3O4/c1-3-14(2)17-6-4-5-7-18(17)22-19(24)12-13-21-20(25)15-8-10-16(11-9-15)23(26)27/h4-11,14H,3,12-13H2,1-2H3,(H,21,25)(H,22,24)/t14-/m1/s1. The minimum absolute atomic E-state index is 0.0779. The molecule has 0 saturated heterocycles. The smallest absolute Gasteiger partial charge is 0.269 e. The lowest BCUT2D eigenvalue weighted by molar-refractivity contribution is -0.384. The van der Waals surface area contributed by atoms with Crippen molar-refractivity contribution in [3.05, 3.63) is 69.8 Å². The maximum atomic E-state index is 12.2. The highest BCUT2D eigenvalue weighted by Gasteiger charge is 2.12. The maximum Gasteiger partial charge on any atom is 0.269 e. The molecule has 0 radical (unpaired) electrons. The summed E-state index contributed by atoms with van der Waals surface area (Å²) in [7, 11) is 0. The Bertz CT molecular complexity index is 818. The van der Waals surface area contributed by atoms with Crippen molar-refractivity contribution in [1.29, 1.82) is 0 Å². The predicted molar refractivity (Wildman–Crippen MR) is 104 cm³/mol. The second-order valence-corrected chi connectivity index (χ2v) is 6.25. The van der Waals surface area contributed by atoms with Gasteiger partial charge >= 0.3 is 0 Å². The lowest BCUT2D eigenvalue weighted by Crippen LogP contribution is -2.27. The fourth-order valence-corrected chi connectivity index (χ4v) is 2.60. The van der Waals surface area contributed by atoms with Gasteiger partial charge in [0.15, 0.2) is 0 Å². The third-order valence-corrected chi connectivity index (χ3v) is 4.36. The first-order valence-corrected chi connectivity index (χ1v) is 8.83. The van der Waals surface area contributed by atoms with Gasteiger partial charge < -0.3 is 10.6 Å². The van der Waals surface area contributed by atoms with Gasteiger partial charge in [-0.3, -0.25) is 19.7 Å². The Morgan fingerprint density at radius 3 is 2.41 bits per heavy atom. The molecule has 0 saturated carbocycles. The highest BCUT2D eigenvalue weighted by molar-refractivity contribution is 5.95. The molecule has 0 aliphatic rings. The van der Waals surface area contributed by atoms with Crippen molar-refractivity contribution in [2.75, 3.05) is 11.9 Å². The average molecular weight is 369 g/mol. The van der Waals surface area contributed by atoms with E-state index in [0.29, 0.717) is 11.5 Å². The third-order valence-electron chi connectivity index (χ3n) is 4.36. The maximum absolute atomic E-state index is 12.2. The summed E-state index contributed by atoms with van der Waals surface area (Å²) in [4.78, 5) is 34.3. The molecule has 7 nitrogen and oxygen atoms in total. The summed E-state index contributed by atoms with van der Waals surface area (Å²) < 4.78 is 0. The number of rotatable bonds is 8. The molecule has 7 heteroatoms. The zero-order valence-corrected chi connectivity index (χ0v) is 15.4. The number of hydrogen-bond donors (Lipinski definition) is 2. The summed E-state index contributed by atoms with van der Waals surface area (Å²) in [5, 5.41) is 16.2. The number of carbonyl (C=O) groups is 2. The SMILES string of the molecule is CC[C@@H](C)c1ccccc1NC(=O)CCNC(=O)c1ccc([N+](=O)[O-])cc1. The van der Waals surface area contributed by atoms with Gasteiger partial charge in [-0.2, -0.15) is 0 Å². The van der Waals surface area contributed by atoms with Crippen molar-refractivity contribution in [2.45, 2.75) is 32.6 Å². The summed E-state index contributed by atoms with van der Waals surface area (Å²) in [6.45, 7) is 4.37.